The van der Waals surface area contributed by atoms with E-state index in [0.717, 1.165) is 16.5 Å². The summed E-state index contributed by atoms with van der Waals surface area (Å²) in [6.45, 7) is 2.07. The van der Waals surface area contributed by atoms with Gasteiger partial charge < -0.3 is 25.5 Å². The highest BCUT2D eigenvalue weighted by molar-refractivity contribution is 5.89. The van der Waals surface area contributed by atoms with Crippen molar-refractivity contribution in [1.82, 2.24) is 15.6 Å². The largest absolute Gasteiger partial charge is 0.481 e. The second kappa shape index (κ2) is 8.43. The predicted octanol–water partition coefficient (Wildman–Crippen LogP) is 1.21. The van der Waals surface area contributed by atoms with Crippen LogP contribution in [0.1, 0.15) is 25.3 Å². The molecule has 0 bridgehead atoms. The molecule has 1 atom stereocenters. The van der Waals surface area contributed by atoms with Crippen LogP contribution in [0.25, 0.3) is 10.9 Å². The number of aliphatic carboxylic acids is 1. The fourth-order valence-corrected chi connectivity index (χ4v) is 3.58. The summed E-state index contributed by atoms with van der Waals surface area (Å²) in [7, 11) is 0. The van der Waals surface area contributed by atoms with E-state index < -0.39 is 23.3 Å². The smallest absolute Gasteiger partial charge is 0.311 e. The van der Waals surface area contributed by atoms with E-state index in [-0.39, 0.29) is 12.5 Å². The molecule has 1 unspecified atom stereocenters. The molecule has 0 aliphatic carbocycles. The fraction of sp³-hybridized carbons (Fsp3) is 0.450. The van der Waals surface area contributed by atoms with Crippen molar-refractivity contribution in [1.29, 1.82) is 0 Å². The quantitative estimate of drug-likeness (QED) is 0.569. The van der Waals surface area contributed by atoms with E-state index in [4.69, 9.17) is 4.74 Å². The molecule has 2 heterocycles. The molecule has 1 fully saturated rings. The Morgan fingerprint density at radius 2 is 1.96 bits per heavy atom. The van der Waals surface area contributed by atoms with Gasteiger partial charge in [0.25, 0.3) is 0 Å². The van der Waals surface area contributed by atoms with Gasteiger partial charge >= 0.3 is 5.97 Å². The van der Waals surface area contributed by atoms with Gasteiger partial charge in [0, 0.05) is 50.2 Å². The van der Waals surface area contributed by atoms with Crippen molar-refractivity contribution in [3.63, 3.8) is 0 Å². The lowest BCUT2D eigenvalue weighted by atomic mass is 9.80. The minimum atomic E-state index is -1.03. The number of aromatic amines is 1. The summed E-state index contributed by atoms with van der Waals surface area (Å²) in [5.74, 6) is -1.66. The number of nitrogens with one attached hydrogen (secondary N) is 3. The van der Waals surface area contributed by atoms with Crippen LogP contribution in [0.15, 0.2) is 30.5 Å². The van der Waals surface area contributed by atoms with Crippen LogP contribution in [-0.2, 0) is 25.5 Å². The maximum Gasteiger partial charge on any atom is 0.311 e. The number of carboxylic acid groups (broad SMARTS) is 1. The van der Waals surface area contributed by atoms with Gasteiger partial charge in [-0.3, -0.25) is 14.4 Å². The zero-order valence-corrected chi connectivity index (χ0v) is 15.8. The van der Waals surface area contributed by atoms with Crippen molar-refractivity contribution in [2.24, 2.45) is 5.41 Å². The third kappa shape index (κ3) is 4.33. The van der Waals surface area contributed by atoms with Gasteiger partial charge in [-0.15, -0.1) is 0 Å². The Morgan fingerprint density at radius 1 is 1.25 bits per heavy atom. The molecule has 4 N–H and O–H groups in total. The summed E-state index contributed by atoms with van der Waals surface area (Å²) >= 11 is 0. The topological polar surface area (TPSA) is 121 Å². The number of para-hydroxylation sites is 1. The first-order valence-corrected chi connectivity index (χ1v) is 9.32. The molecule has 3 rings (SSSR count). The number of carboxylic acids is 1. The van der Waals surface area contributed by atoms with Gasteiger partial charge in [-0.2, -0.15) is 0 Å². The standard InChI is InChI=1S/C20H25N3O5/c1-13(24)23-17(10-14-11-21-16-5-3-2-4-15(14)16)18(25)22-12-20(19(26)27)6-8-28-9-7-20/h2-5,11,17,21H,6-10,12H2,1H3,(H,22,25)(H,23,24)(H,26,27). The normalized spacial score (nSPS) is 17.0. The van der Waals surface area contributed by atoms with Crippen molar-refractivity contribution in [3.8, 4) is 0 Å². The third-order valence-electron chi connectivity index (χ3n) is 5.30. The molecule has 1 aromatic carbocycles. The molecule has 0 radical (unpaired) electrons. The fourth-order valence-electron chi connectivity index (χ4n) is 3.58. The van der Waals surface area contributed by atoms with E-state index in [1.165, 1.54) is 6.92 Å². The minimum absolute atomic E-state index is 0.00843. The summed E-state index contributed by atoms with van der Waals surface area (Å²) in [4.78, 5) is 39.3. The van der Waals surface area contributed by atoms with Crippen LogP contribution in [0, 0.1) is 5.41 Å². The molecule has 1 saturated heterocycles. The first kappa shape index (κ1) is 19.9. The second-order valence-corrected chi connectivity index (χ2v) is 7.23. The lowest BCUT2D eigenvalue weighted by molar-refractivity contribution is -0.154. The van der Waals surface area contributed by atoms with Gasteiger partial charge in [0.2, 0.25) is 11.8 Å². The van der Waals surface area contributed by atoms with E-state index in [0.29, 0.717) is 32.5 Å². The molecule has 8 nitrogen and oxygen atoms in total. The molecule has 8 heteroatoms. The van der Waals surface area contributed by atoms with Crippen molar-refractivity contribution >= 4 is 28.7 Å². The highest BCUT2D eigenvalue weighted by Gasteiger charge is 2.41. The van der Waals surface area contributed by atoms with Gasteiger partial charge in [0.05, 0.1) is 5.41 Å². The first-order chi connectivity index (χ1) is 13.4. The van der Waals surface area contributed by atoms with Gasteiger partial charge in [0.15, 0.2) is 0 Å². The molecule has 1 aromatic heterocycles. The average molecular weight is 387 g/mol. The molecule has 2 amide bonds. The van der Waals surface area contributed by atoms with E-state index in [2.05, 4.69) is 15.6 Å². The zero-order valence-electron chi connectivity index (χ0n) is 15.8. The monoisotopic (exact) mass is 387 g/mol. The zero-order chi connectivity index (χ0) is 20.1. The Kier molecular flexibility index (Phi) is 5.99. The van der Waals surface area contributed by atoms with Gasteiger partial charge in [-0.05, 0) is 24.5 Å². The van der Waals surface area contributed by atoms with Crippen LogP contribution < -0.4 is 10.6 Å². The maximum atomic E-state index is 12.8. The Labute approximate surface area is 162 Å². The summed E-state index contributed by atoms with van der Waals surface area (Å²) < 4.78 is 5.26. The Balaban J connectivity index is 1.72. The molecule has 0 spiro atoms. The van der Waals surface area contributed by atoms with E-state index in [9.17, 15) is 19.5 Å². The molecule has 28 heavy (non-hydrogen) atoms. The number of H-pyrrole nitrogens is 1. The summed E-state index contributed by atoms with van der Waals surface area (Å²) in [5, 5.41) is 16.0. The highest BCUT2D eigenvalue weighted by Crippen LogP contribution is 2.30. The number of hydrogen-bond donors (Lipinski definition) is 4. The van der Waals surface area contributed by atoms with E-state index in [1.807, 2.05) is 30.5 Å². The van der Waals surface area contributed by atoms with E-state index in [1.54, 1.807) is 0 Å². The number of fused-ring (bicyclic) bond motifs is 1. The Bertz CT molecular complexity index is 870. The molecule has 1 aliphatic rings. The van der Waals surface area contributed by atoms with Crippen molar-refractivity contribution in [2.45, 2.75) is 32.2 Å². The number of ether oxygens (including phenoxy) is 1. The number of benzene rings is 1. The Morgan fingerprint density at radius 3 is 2.64 bits per heavy atom. The maximum absolute atomic E-state index is 12.8. The van der Waals surface area contributed by atoms with Crippen molar-refractivity contribution < 1.29 is 24.2 Å². The van der Waals surface area contributed by atoms with Gasteiger partial charge in [-0.1, -0.05) is 18.2 Å². The predicted molar refractivity (Wildman–Crippen MR) is 103 cm³/mol. The molecular formula is C20H25N3O5. The molecule has 1 aliphatic heterocycles. The molecule has 2 aromatic rings. The number of hydrogen-bond acceptors (Lipinski definition) is 4. The number of rotatable bonds is 7. The van der Waals surface area contributed by atoms with Crippen LogP contribution in [-0.4, -0.2) is 53.7 Å². The number of amides is 2. The van der Waals surface area contributed by atoms with Crippen LogP contribution >= 0.6 is 0 Å². The molecule has 0 saturated carbocycles. The van der Waals surface area contributed by atoms with Crippen LogP contribution in [0.2, 0.25) is 0 Å². The third-order valence-corrected chi connectivity index (χ3v) is 5.30. The van der Waals surface area contributed by atoms with Crippen molar-refractivity contribution in [3.05, 3.63) is 36.0 Å². The number of carbonyl (C=O) groups is 3. The molecule has 150 valence electrons. The number of aromatic nitrogens is 1. The van der Waals surface area contributed by atoms with E-state index >= 15 is 0 Å². The minimum Gasteiger partial charge on any atom is -0.481 e. The highest BCUT2D eigenvalue weighted by atomic mass is 16.5. The SMILES string of the molecule is CC(=O)NC(Cc1c[nH]c2ccccc12)C(=O)NCC1(C(=O)O)CCOCC1. The first-order valence-electron chi connectivity index (χ1n) is 9.32. The molecular weight excluding hydrogens is 362 g/mol. The second-order valence-electron chi connectivity index (χ2n) is 7.23. The average Bonchev–Trinajstić information content (AvgIpc) is 3.09. The lowest BCUT2D eigenvalue weighted by Crippen LogP contribution is -2.52. The van der Waals surface area contributed by atoms with Crippen LogP contribution in [0.4, 0.5) is 0 Å². The van der Waals surface area contributed by atoms with Gasteiger partial charge in [-0.25, -0.2) is 0 Å². The van der Waals surface area contributed by atoms with Crippen molar-refractivity contribution in [2.75, 3.05) is 19.8 Å². The number of carbonyl (C=O) groups excluding carboxylic acids is 2. The summed E-state index contributed by atoms with van der Waals surface area (Å²) in [5.41, 5.74) is 0.824. The van der Waals surface area contributed by atoms with Gasteiger partial charge in [0.1, 0.15) is 6.04 Å². The summed E-state index contributed by atoms with van der Waals surface area (Å²) in [6, 6.07) is 6.93. The lowest BCUT2D eigenvalue weighted by Gasteiger charge is -2.33. The Hall–Kier alpha value is -2.87. The van der Waals surface area contributed by atoms with Crippen LogP contribution in [0.3, 0.4) is 0 Å². The van der Waals surface area contributed by atoms with Crippen LogP contribution in [0.5, 0.6) is 0 Å². The summed E-state index contributed by atoms with van der Waals surface area (Å²) in [6.07, 6.45) is 2.81.